The molecule has 0 bridgehead atoms. The minimum Gasteiger partial charge on any atom is -0.497 e. The van der Waals surface area contributed by atoms with Gasteiger partial charge in [-0.3, -0.25) is 4.79 Å². The summed E-state index contributed by atoms with van der Waals surface area (Å²) in [5.41, 5.74) is 0.908. The number of nitrogens with zero attached hydrogens (tertiary/aromatic N) is 2. The van der Waals surface area contributed by atoms with Gasteiger partial charge in [0.1, 0.15) is 23.4 Å². The molecular formula is C20H20FN3O2S. The Hall–Kier alpha value is -2.80. The van der Waals surface area contributed by atoms with Gasteiger partial charge in [-0.25, -0.2) is 9.37 Å². The van der Waals surface area contributed by atoms with Gasteiger partial charge in [0.25, 0.3) is 0 Å². The van der Waals surface area contributed by atoms with E-state index in [0.717, 1.165) is 22.0 Å². The van der Waals surface area contributed by atoms with Crippen LogP contribution in [0.3, 0.4) is 0 Å². The van der Waals surface area contributed by atoms with Crippen molar-refractivity contribution in [1.29, 1.82) is 0 Å². The van der Waals surface area contributed by atoms with Crippen molar-refractivity contribution in [2.45, 2.75) is 10.9 Å². The van der Waals surface area contributed by atoms with Gasteiger partial charge in [0.05, 0.1) is 12.9 Å². The fraction of sp³-hybridized carbons (Fsp3) is 0.200. The van der Waals surface area contributed by atoms with E-state index in [0.29, 0.717) is 0 Å². The smallest absolute Gasteiger partial charge is 0.231 e. The highest BCUT2D eigenvalue weighted by Gasteiger charge is 2.21. The summed E-state index contributed by atoms with van der Waals surface area (Å²) in [5, 5.41) is 3.04. The van der Waals surface area contributed by atoms with E-state index in [1.807, 2.05) is 42.1 Å². The van der Waals surface area contributed by atoms with E-state index in [1.165, 1.54) is 23.9 Å². The summed E-state index contributed by atoms with van der Waals surface area (Å²) in [6.07, 6.45) is 3.54. The average molecular weight is 385 g/mol. The topological polar surface area (TPSA) is 56.1 Å². The molecule has 0 fully saturated rings. The standard InChI is InChI=1S/C20H20FN3O2S/c1-24-12-11-22-20(24)19(14-3-7-16(26-2)8-4-14)23-18(25)13-27-17-9-5-15(21)6-10-17/h3-12,19H,13H2,1-2H3,(H,23,25). The van der Waals surface area contributed by atoms with Gasteiger partial charge in [0.15, 0.2) is 0 Å². The number of hydrogen-bond donors (Lipinski definition) is 1. The maximum Gasteiger partial charge on any atom is 0.231 e. The lowest BCUT2D eigenvalue weighted by atomic mass is 10.1. The molecule has 27 heavy (non-hydrogen) atoms. The number of aryl methyl sites for hydroxylation is 1. The van der Waals surface area contributed by atoms with Crippen molar-refractivity contribution in [1.82, 2.24) is 14.9 Å². The molecule has 3 aromatic rings. The highest BCUT2D eigenvalue weighted by molar-refractivity contribution is 8.00. The first kappa shape index (κ1) is 19.0. The normalized spacial score (nSPS) is 11.8. The van der Waals surface area contributed by atoms with Crippen molar-refractivity contribution in [3.63, 3.8) is 0 Å². The van der Waals surface area contributed by atoms with Crippen molar-refractivity contribution in [3.8, 4) is 5.75 Å². The number of hydrogen-bond acceptors (Lipinski definition) is 4. The van der Waals surface area contributed by atoms with E-state index < -0.39 is 0 Å². The molecule has 0 aliphatic carbocycles. The second-order valence-corrected chi connectivity index (χ2v) is 6.96. The Morgan fingerprint density at radius 1 is 1.22 bits per heavy atom. The first-order valence-electron chi connectivity index (χ1n) is 8.35. The Balaban J connectivity index is 1.73. The van der Waals surface area contributed by atoms with Gasteiger partial charge in [-0.2, -0.15) is 0 Å². The molecule has 0 aliphatic rings. The molecule has 7 heteroatoms. The summed E-state index contributed by atoms with van der Waals surface area (Å²) in [7, 11) is 3.50. The van der Waals surface area contributed by atoms with Crippen LogP contribution in [0.2, 0.25) is 0 Å². The predicted octanol–water partition coefficient (Wildman–Crippen LogP) is 3.57. The van der Waals surface area contributed by atoms with Crippen molar-refractivity contribution in [2.24, 2.45) is 7.05 Å². The van der Waals surface area contributed by atoms with Crippen LogP contribution in [-0.2, 0) is 11.8 Å². The third-order valence-corrected chi connectivity index (χ3v) is 5.07. The van der Waals surface area contributed by atoms with Gasteiger partial charge in [-0.05, 0) is 42.0 Å². The highest BCUT2D eigenvalue weighted by atomic mass is 32.2. The van der Waals surface area contributed by atoms with Crippen molar-refractivity contribution in [2.75, 3.05) is 12.9 Å². The van der Waals surface area contributed by atoms with Crippen LogP contribution in [0.25, 0.3) is 0 Å². The Bertz CT molecular complexity index is 894. The number of amides is 1. The lowest BCUT2D eigenvalue weighted by molar-refractivity contribution is -0.119. The number of methoxy groups -OCH3 is 1. The molecule has 1 atom stereocenters. The molecule has 1 N–H and O–H groups in total. The van der Waals surface area contributed by atoms with E-state index in [9.17, 15) is 9.18 Å². The Kier molecular flexibility index (Phi) is 6.13. The molecule has 1 aromatic heterocycles. The highest BCUT2D eigenvalue weighted by Crippen LogP contribution is 2.24. The third kappa shape index (κ3) is 4.89. The number of ether oxygens (including phenoxy) is 1. The number of carbonyl (C=O) groups excluding carboxylic acids is 1. The van der Waals surface area contributed by atoms with Crippen molar-refractivity contribution < 1.29 is 13.9 Å². The maximum absolute atomic E-state index is 13.0. The van der Waals surface area contributed by atoms with Crippen LogP contribution < -0.4 is 10.1 Å². The maximum atomic E-state index is 13.0. The molecule has 1 unspecified atom stereocenters. The Morgan fingerprint density at radius 2 is 1.93 bits per heavy atom. The average Bonchev–Trinajstić information content (AvgIpc) is 3.11. The summed E-state index contributed by atoms with van der Waals surface area (Å²) in [4.78, 5) is 17.8. The van der Waals surface area contributed by atoms with Gasteiger partial charge in [-0.15, -0.1) is 11.8 Å². The molecule has 0 spiro atoms. The molecular weight excluding hydrogens is 365 g/mol. The van der Waals surface area contributed by atoms with Gasteiger partial charge in [0, 0.05) is 24.3 Å². The zero-order valence-corrected chi connectivity index (χ0v) is 15.9. The number of thioether (sulfide) groups is 1. The molecule has 0 aliphatic heterocycles. The van der Waals surface area contributed by atoms with Crippen LogP contribution in [0.5, 0.6) is 5.75 Å². The number of nitrogens with one attached hydrogen (secondary N) is 1. The van der Waals surface area contributed by atoms with Gasteiger partial charge >= 0.3 is 0 Å². The fourth-order valence-corrected chi connectivity index (χ4v) is 3.34. The molecule has 0 radical (unpaired) electrons. The van der Waals surface area contributed by atoms with Gasteiger partial charge in [0.2, 0.25) is 5.91 Å². The van der Waals surface area contributed by atoms with E-state index >= 15 is 0 Å². The first-order chi connectivity index (χ1) is 13.1. The number of rotatable bonds is 7. The van der Waals surface area contributed by atoms with Crippen LogP contribution in [0.15, 0.2) is 65.8 Å². The molecule has 3 rings (SSSR count). The van der Waals surface area contributed by atoms with E-state index in [1.54, 1.807) is 25.4 Å². The molecule has 5 nitrogen and oxygen atoms in total. The number of imidazole rings is 1. The largest absolute Gasteiger partial charge is 0.497 e. The van der Waals surface area contributed by atoms with Crippen LogP contribution in [0.4, 0.5) is 4.39 Å². The Morgan fingerprint density at radius 3 is 2.52 bits per heavy atom. The molecule has 1 amide bonds. The number of carbonyl (C=O) groups is 1. The summed E-state index contributed by atoms with van der Waals surface area (Å²) in [5.74, 6) is 1.28. The number of benzene rings is 2. The number of aromatic nitrogens is 2. The zero-order chi connectivity index (χ0) is 19.2. The quantitative estimate of drug-likeness (QED) is 0.632. The van der Waals surface area contributed by atoms with Gasteiger partial charge < -0.3 is 14.6 Å². The predicted molar refractivity (Wildman–Crippen MR) is 103 cm³/mol. The molecule has 0 saturated carbocycles. The molecule has 140 valence electrons. The lowest BCUT2D eigenvalue weighted by Crippen LogP contribution is -2.32. The number of halogens is 1. The van der Waals surface area contributed by atoms with Crippen LogP contribution in [0, 0.1) is 5.82 Å². The second kappa shape index (κ2) is 8.73. The summed E-state index contributed by atoms with van der Waals surface area (Å²) in [6.45, 7) is 0. The molecule has 1 heterocycles. The summed E-state index contributed by atoms with van der Waals surface area (Å²) >= 11 is 1.36. The molecule has 0 saturated heterocycles. The summed E-state index contributed by atoms with van der Waals surface area (Å²) in [6, 6.07) is 13.2. The van der Waals surface area contributed by atoms with E-state index in [-0.39, 0.29) is 23.5 Å². The van der Waals surface area contributed by atoms with Crippen molar-refractivity contribution in [3.05, 3.63) is 78.1 Å². The summed E-state index contributed by atoms with van der Waals surface area (Å²) < 4.78 is 20.1. The van der Waals surface area contributed by atoms with Crippen LogP contribution >= 0.6 is 11.8 Å². The van der Waals surface area contributed by atoms with Crippen LogP contribution in [-0.4, -0.2) is 28.3 Å². The zero-order valence-electron chi connectivity index (χ0n) is 15.1. The second-order valence-electron chi connectivity index (χ2n) is 5.91. The third-order valence-electron chi connectivity index (χ3n) is 4.05. The first-order valence-corrected chi connectivity index (χ1v) is 9.34. The SMILES string of the molecule is COc1ccc(C(NC(=O)CSc2ccc(F)cc2)c2nccn2C)cc1. The van der Waals surface area contributed by atoms with E-state index in [4.69, 9.17) is 4.74 Å². The molecule has 2 aromatic carbocycles. The minimum absolute atomic E-state index is 0.131. The Labute approximate surface area is 161 Å². The van der Waals surface area contributed by atoms with E-state index in [2.05, 4.69) is 10.3 Å². The minimum atomic E-state index is -0.378. The fourth-order valence-electron chi connectivity index (χ4n) is 2.63. The van der Waals surface area contributed by atoms with Crippen LogP contribution in [0.1, 0.15) is 17.4 Å². The van der Waals surface area contributed by atoms with Crippen molar-refractivity contribution >= 4 is 17.7 Å². The monoisotopic (exact) mass is 385 g/mol. The van der Waals surface area contributed by atoms with Gasteiger partial charge in [-0.1, -0.05) is 12.1 Å². The lowest BCUT2D eigenvalue weighted by Gasteiger charge is -2.19.